The molecule has 0 N–H and O–H groups in total. The summed E-state index contributed by atoms with van der Waals surface area (Å²) in [4.78, 5) is 13.0. The van der Waals surface area contributed by atoms with Gasteiger partial charge >= 0.3 is 0 Å². The van der Waals surface area contributed by atoms with E-state index in [4.69, 9.17) is 0 Å². The monoisotopic (exact) mass is 223 g/mol. The number of aldehydes is 1. The van der Waals surface area contributed by atoms with Crippen LogP contribution in [0, 0.1) is 0 Å². The minimum absolute atomic E-state index is 0.730. The van der Waals surface area contributed by atoms with Crippen LogP contribution in [0.25, 0.3) is 6.08 Å². The number of carbonyl (C=O) groups is 1. The Kier molecular flexibility index (Phi) is 2.22. The highest BCUT2D eigenvalue weighted by atomic mass is 16.1. The van der Waals surface area contributed by atoms with Crippen LogP contribution in [0.4, 0.5) is 5.69 Å². The molecule has 0 unspecified atom stereocenters. The van der Waals surface area contributed by atoms with Gasteiger partial charge in [0.2, 0.25) is 0 Å². The van der Waals surface area contributed by atoms with E-state index in [2.05, 4.69) is 30.2 Å². The van der Waals surface area contributed by atoms with Crippen LogP contribution in [-0.2, 0) is 4.79 Å². The number of nitrogens with zero attached hydrogens (tertiary/aromatic N) is 1. The molecule has 0 spiro atoms. The van der Waals surface area contributed by atoms with Crippen LogP contribution in [-0.4, -0.2) is 13.3 Å². The van der Waals surface area contributed by atoms with E-state index < -0.39 is 0 Å². The summed E-state index contributed by atoms with van der Waals surface area (Å²) < 4.78 is 0. The number of allylic oxidation sites excluding steroid dienone is 4. The molecule has 1 aliphatic heterocycles. The van der Waals surface area contributed by atoms with Gasteiger partial charge in [-0.2, -0.15) is 0 Å². The lowest BCUT2D eigenvalue weighted by molar-refractivity contribution is -0.105. The van der Waals surface area contributed by atoms with Crippen LogP contribution < -0.4 is 4.90 Å². The summed E-state index contributed by atoms with van der Waals surface area (Å²) in [6.45, 7) is 0. The van der Waals surface area contributed by atoms with E-state index in [9.17, 15) is 4.79 Å². The van der Waals surface area contributed by atoms with Gasteiger partial charge in [0.1, 0.15) is 6.29 Å². The van der Waals surface area contributed by atoms with Gasteiger partial charge in [0.25, 0.3) is 0 Å². The SMILES string of the molecule is CN1C2=CC=C(C=O)CC2=Cc2ccccc21. The van der Waals surface area contributed by atoms with Gasteiger partial charge in [0.15, 0.2) is 0 Å². The highest BCUT2D eigenvalue weighted by molar-refractivity contribution is 5.84. The third kappa shape index (κ3) is 1.53. The van der Waals surface area contributed by atoms with E-state index in [1.165, 1.54) is 22.5 Å². The van der Waals surface area contributed by atoms with Gasteiger partial charge in [0.05, 0.1) is 0 Å². The predicted molar refractivity (Wildman–Crippen MR) is 69.7 cm³/mol. The lowest BCUT2D eigenvalue weighted by Gasteiger charge is -2.32. The van der Waals surface area contributed by atoms with Crippen molar-refractivity contribution in [2.75, 3.05) is 11.9 Å². The zero-order chi connectivity index (χ0) is 11.8. The maximum Gasteiger partial charge on any atom is 0.146 e. The zero-order valence-corrected chi connectivity index (χ0v) is 9.68. The third-order valence-corrected chi connectivity index (χ3v) is 3.32. The molecule has 0 radical (unpaired) electrons. The molecule has 0 saturated carbocycles. The fraction of sp³-hybridized carbons (Fsp3) is 0.133. The molecule has 0 aromatic heterocycles. The van der Waals surface area contributed by atoms with Crippen molar-refractivity contribution in [3.05, 3.63) is 58.8 Å². The normalized spacial score (nSPS) is 17.5. The van der Waals surface area contributed by atoms with Crippen molar-refractivity contribution in [3.8, 4) is 0 Å². The second kappa shape index (κ2) is 3.74. The number of hydrogen-bond acceptors (Lipinski definition) is 2. The van der Waals surface area contributed by atoms with Gasteiger partial charge in [-0.3, -0.25) is 4.79 Å². The van der Waals surface area contributed by atoms with Crippen molar-refractivity contribution in [1.82, 2.24) is 0 Å². The van der Waals surface area contributed by atoms with Gasteiger partial charge in [0, 0.05) is 24.9 Å². The van der Waals surface area contributed by atoms with Crippen LogP contribution in [0.15, 0.2) is 53.3 Å². The van der Waals surface area contributed by atoms with E-state index >= 15 is 0 Å². The molecule has 1 aromatic carbocycles. The van der Waals surface area contributed by atoms with Crippen molar-refractivity contribution < 1.29 is 4.79 Å². The molecule has 0 fully saturated rings. The molecule has 3 rings (SSSR count). The van der Waals surface area contributed by atoms with E-state index in [-0.39, 0.29) is 0 Å². The Bertz CT molecular complexity index is 578. The molecule has 1 aromatic rings. The molecule has 1 heterocycles. The van der Waals surface area contributed by atoms with E-state index in [0.717, 1.165) is 18.3 Å². The molecule has 84 valence electrons. The molecule has 2 aliphatic rings. The van der Waals surface area contributed by atoms with Crippen molar-refractivity contribution in [1.29, 1.82) is 0 Å². The van der Waals surface area contributed by atoms with Gasteiger partial charge in [-0.25, -0.2) is 0 Å². The molecule has 0 bridgehead atoms. The van der Waals surface area contributed by atoms with Gasteiger partial charge in [-0.15, -0.1) is 0 Å². The number of carbonyl (C=O) groups excluding carboxylic acids is 1. The minimum Gasteiger partial charge on any atom is -0.344 e. The summed E-state index contributed by atoms with van der Waals surface area (Å²) in [7, 11) is 2.07. The third-order valence-electron chi connectivity index (χ3n) is 3.32. The van der Waals surface area contributed by atoms with Crippen molar-refractivity contribution in [2.45, 2.75) is 6.42 Å². The number of likely N-dealkylation sites (N-methyl/N-ethyl adjacent to an activating group) is 1. The number of anilines is 1. The van der Waals surface area contributed by atoms with Crippen molar-refractivity contribution >= 4 is 18.0 Å². The number of rotatable bonds is 1. The highest BCUT2D eigenvalue weighted by Crippen LogP contribution is 2.37. The summed E-state index contributed by atoms with van der Waals surface area (Å²) in [5.41, 5.74) is 5.68. The lowest BCUT2D eigenvalue weighted by atomic mass is 9.91. The molecule has 0 amide bonds. The first-order valence-electron chi connectivity index (χ1n) is 5.69. The molecule has 0 atom stereocenters. The van der Waals surface area contributed by atoms with Gasteiger partial charge in [-0.05, 0) is 34.9 Å². The molecule has 17 heavy (non-hydrogen) atoms. The Balaban J connectivity index is 2.14. The molecule has 1 aliphatic carbocycles. The van der Waals surface area contributed by atoms with Crippen LogP contribution in [0.1, 0.15) is 12.0 Å². The molecule has 0 saturated heterocycles. The van der Waals surface area contributed by atoms with Crippen molar-refractivity contribution in [2.24, 2.45) is 0 Å². The quantitative estimate of drug-likeness (QED) is 0.682. The summed E-state index contributed by atoms with van der Waals surface area (Å²) in [5.74, 6) is 0. The van der Waals surface area contributed by atoms with Crippen LogP contribution in [0.5, 0.6) is 0 Å². The Labute approximate surface area is 101 Å². The van der Waals surface area contributed by atoms with E-state index in [1.807, 2.05) is 24.3 Å². The predicted octanol–water partition coefficient (Wildman–Crippen LogP) is 2.93. The molecular weight excluding hydrogens is 210 g/mol. The van der Waals surface area contributed by atoms with Crippen LogP contribution >= 0.6 is 0 Å². The Morgan fingerprint density at radius 3 is 2.88 bits per heavy atom. The summed E-state index contributed by atoms with van der Waals surface area (Å²) in [5, 5.41) is 0. The second-order valence-corrected chi connectivity index (χ2v) is 4.38. The fourth-order valence-electron chi connectivity index (χ4n) is 2.43. The average molecular weight is 223 g/mol. The Hall–Kier alpha value is -2.09. The second-order valence-electron chi connectivity index (χ2n) is 4.38. The zero-order valence-electron chi connectivity index (χ0n) is 9.68. The Morgan fingerprint density at radius 2 is 2.06 bits per heavy atom. The lowest BCUT2D eigenvalue weighted by Crippen LogP contribution is -2.23. The first kappa shape index (κ1) is 10.1. The summed E-state index contributed by atoms with van der Waals surface area (Å²) >= 11 is 0. The van der Waals surface area contributed by atoms with E-state index in [1.54, 1.807) is 0 Å². The summed E-state index contributed by atoms with van der Waals surface area (Å²) in [6.07, 6.45) is 7.78. The van der Waals surface area contributed by atoms with E-state index in [0.29, 0.717) is 0 Å². The first-order chi connectivity index (χ1) is 8.29. The molecule has 2 nitrogen and oxygen atoms in total. The van der Waals surface area contributed by atoms with Gasteiger partial charge in [-0.1, -0.05) is 24.3 Å². The molecule has 2 heteroatoms. The number of hydrogen-bond donors (Lipinski definition) is 0. The molecular formula is C15H13NO. The fourth-order valence-corrected chi connectivity index (χ4v) is 2.43. The maximum atomic E-state index is 10.8. The number of para-hydroxylation sites is 1. The van der Waals surface area contributed by atoms with Crippen molar-refractivity contribution in [3.63, 3.8) is 0 Å². The summed E-state index contributed by atoms with van der Waals surface area (Å²) in [6, 6.07) is 8.30. The first-order valence-corrected chi connectivity index (χ1v) is 5.69. The highest BCUT2D eigenvalue weighted by Gasteiger charge is 2.22. The van der Waals surface area contributed by atoms with Crippen LogP contribution in [0.3, 0.4) is 0 Å². The minimum atomic E-state index is 0.730. The largest absolute Gasteiger partial charge is 0.344 e. The smallest absolute Gasteiger partial charge is 0.146 e. The van der Waals surface area contributed by atoms with Crippen LogP contribution in [0.2, 0.25) is 0 Å². The number of fused-ring (bicyclic) bond motifs is 2. The maximum absolute atomic E-state index is 10.8. The Morgan fingerprint density at radius 1 is 1.24 bits per heavy atom. The number of benzene rings is 1. The standard InChI is InChI=1S/C15H13NO/c1-16-14-5-3-2-4-12(14)9-13-8-11(10-17)6-7-15(13)16/h2-7,9-10H,8H2,1H3. The average Bonchev–Trinajstić information content (AvgIpc) is 2.38. The topological polar surface area (TPSA) is 20.3 Å². The van der Waals surface area contributed by atoms with Gasteiger partial charge < -0.3 is 4.90 Å².